The maximum atomic E-state index is 12.4. The third kappa shape index (κ3) is 3.36. The van der Waals surface area contributed by atoms with Crippen LogP contribution in [0.1, 0.15) is 13.8 Å². The van der Waals surface area contributed by atoms with E-state index in [9.17, 15) is 4.79 Å². The highest BCUT2D eigenvalue weighted by Gasteiger charge is 2.18. The summed E-state index contributed by atoms with van der Waals surface area (Å²) in [4.78, 5) is 16.9. The van der Waals surface area contributed by atoms with Gasteiger partial charge < -0.3 is 9.30 Å². The summed E-state index contributed by atoms with van der Waals surface area (Å²) in [7, 11) is 0. The van der Waals surface area contributed by atoms with Gasteiger partial charge in [0.1, 0.15) is 5.75 Å². The molecular weight excluding hydrogens is 326 g/mol. The Hall–Kier alpha value is -2.53. The molecule has 1 heterocycles. The van der Waals surface area contributed by atoms with Crippen molar-refractivity contribution in [3.8, 4) is 5.75 Å². The molecule has 0 saturated carbocycles. The van der Waals surface area contributed by atoms with Crippen LogP contribution < -0.4 is 10.1 Å². The Bertz CT molecular complexity index is 876. The normalized spacial score (nSPS) is 12.1. The number of carbonyl (C=O) groups excluding carboxylic acids is 1. The summed E-state index contributed by atoms with van der Waals surface area (Å²) in [5, 5.41) is 3.40. The number of nitrogens with one attached hydrogen (secondary N) is 1. The summed E-state index contributed by atoms with van der Waals surface area (Å²) in [6.07, 6.45) is -0.673. The number of nitrogens with zero attached hydrogens (tertiary/aromatic N) is 2. The van der Waals surface area contributed by atoms with Crippen LogP contribution in [0.2, 0.25) is 5.02 Å². The Morgan fingerprint density at radius 2 is 2.08 bits per heavy atom. The number of anilines is 1. The van der Waals surface area contributed by atoms with Crippen molar-refractivity contribution in [1.82, 2.24) is 9.55 Å². The molecule has 0 bridgehead atoms. The lowest BCUT2D eigenvalue weighted by molar-refractivity contribution is -0.122. The van der Waals surface area contributed by atoms with E-state index in [0.29, 0.717) is 23.3 Å². The second-order valence-electron chi connectivity index (χ2n) is 5.38. The van der Waals surface area contributed by atoms with Crippen molar-refractivity contribution < 1.29 is 9.53 Å². The molecule has 1 aromatic heterocycles. The highest BCUT2D eigenvalue weighted by Crippen LogP contribution is 2.21. The molecule has 3 rings (SSSR count). The third-order valence-electron chi connectivity index (χ3n) is 3.68. The van der Waals surface area contributed by atoms with E-state index in [0.717, 1.165) is 11.0 Å². The van der Waals surface area contributed by atoms with Crippen LogP contribution in [0.4, 0.5) is 5.95 Å². The Labute approximate surface area is 145 Å². The van der Waals surface area contributed by atoms with E-state index in [2.05, 4.69) is 10.3 Å². The van der Waals surface area contributed by atoms with Crippen LogP contribution in [0.5, 0.6) is 5.75 Å². The molecule has 0 unspecified atom stereocenters. The van der Waals surface area contributed by atoms with Crippen LogP contribution in [0.3, 0.4) is 0 Å². The molecule has 6 heteroatoms. The van der Waals surface area contributed by atoms with Crippen LogP contribution in [0.25, 0.3) is 11.0 Å². The molecule has 0 saturated heterocycles. The number of rotatable bonds is 5. The fraction of sp³-hybridized carbons (Fsp3) is 0.222. The van der Waals surface area contributed by atoms with E-state index in [1.165, 1.54) is 0 Å². The quantitative estimate of drug-likeness (QED) is 0.758. The molecular formula is C18H18ClN3O2. The number of aromatic nitrogens is 2. The van der Waals surface area contributed by atoms with Gasteiger partial charge in [0.05, 0.1) is 11.0 Å². The largest absolute Gasteiger partial charge is 0.481 e. The molecule has 0 aliphatic heterocycles. The maximum Gasteiger partial charge on any atom is 0.267 e. The second-order valence-corrected chi connectivity index (χ2v) is 5.81. The van der Waals surface area contributed by atoms with Crippen LogP contribution in [-0.4, -0.2) is 21.6 Å². The van der Waals surface area contributed by atoms with Gasteiger partial charge in [0.15, 0.2) is 6.10 Å². The third-order valence-corrected chi connectivity index (χ3v) is 3.92. The van der Waals surface area contributed by atoms with Crippen molar-refractivity contribution in [1.29, 1.82) is 0 Å². The molecule has 0 radical (unpaired) electrons. The number of benzene rings is 2. The number of amides is 1. The number of fused-ring (bicyclic) bond motifs is 1. The van der Waals surface area contributed by atoms with Gasteiger partial charge in [-0.05, 0) is 44.2 Å². The number of halogens is 1. The number of hydrogen-bond donors (Lipinski definition) is 1. The van der Waals surface area contributed by atoms with Crippen LogP contribution in [0.15, 0.2) is 48.5 Å². The first kappa shape index (κ1) is 16.3. The van der Waals surface area contributed by atoms with E-state index < -0.39 is 6.10 Å². The number of hydrogen-bond acceptors (Lipinski definition) is 3. The van der Waals surface area contributed by atoms with Gasteiger partial charge in [-0.2, -0.15) is 0 Å². The molecule has 124 valence electrons. The van der Waals surface area contributed by atoms with Gasteiger partial charge in [-0.15, -0.1) is 0 Å². The number of imidazole rings is 1. The Morgan fingerprint density at radius 3 is 2.83 bits per heavy atom. The monoisotopic (exact) mass is 343 g/mol. The lowest BCUT2D eigenvalue weighted by Gasteiger charge is -2.15. The Balaban J connectivity index is 1.77. The SMILES string of the molecule is CCn1c(NC(=O)[C@H](C)Oc2cccc(Cl)c2)nc2ccccc21. The zero-order valence-electron chi connectivity index (χ0n) is 13.5. The first-order valence-corrected chi connectivity index (χ1v) is 8.14. The molecule has 1 amide bonds. The lowest BCUT2D eigenvalue weighted by atomic mass is 10.3. The van der Waals surface area contributed by atoms with Gasteiger partial charge in [-0.25, -0.2) is 4.98 Å². The van der Waals surface area contributed by atoms with E-state index in [4.69, 9.17) is 16.3 Å². The maximum absolute atomic E-state index is 12.4. The van der Waals surface area contributed by atoms with Crippen molar-refractivity contribution >= 4 is 34.5 Å². The minimum Gasteiger partial charge on any atom is -0.481 e. The fourth-order valence-electron chi connectivity index (χ4n) is 2.50. The number of para-hydroxylation sites is 2. The fourth-order valence-corrected chi connectivity index (χ4v) is 2.68. The summed E-state index contributed by atoms with van der Waals surface area (Å²) < 4.78 is 7.60. The average Bonchev–Trinajstić information content (AvgIpc) is 2.91. The first-order chi connectivity index (χ1) is 11.6. The molecule has 1 N–H and O–H groups in total. The molecule has 0 spiro atoms. The highest BCUT2D eigenvalue weighted by atomic mass is 35.5. The van der Waals surface area contributed by atoms with E-state index in [1.807, 2.05) is 35.8 Å². The molecule has 3 aromatic rings. The van der Waals surface area contributed by atoms with Crippen molar-refractivity contribution in [3.63, 3.8) is 0 Å². The van der Waals surface area contributed by atoms with Crippen molar-refractivity contribution in [2.45, 2.75) is 26.5 Å². The summed E-state index contributed by atoms with van der Waals surface area (Å²) in [5.41, 5.74) is 1.83. The van der Waals surface area contributed by atoms with E-state index >= 15 is 0 Å². The van der Waals surface area contributed by atoms with Gasteiger partial charge in [0, 0.05) is 11.6 Å². The van der Waals surface area contributed by atoms with Crippen LogP contribution in [0, 0.1) is 0 Å². The standard InChI is InChI=1S/C18H18ClN3O2/c1-3-22-16-10-5-4-9-15(16)20-18(22)21-17(23)12(2)24-14-8-6-7-13(19)11-14/h4-12H,3H2,1-2H3,(H,20,21,23)/t12-/m0/s1. The summed E-state index contributed by atoms with van der Waals surface area (Å²) >= 11 is 5.93. The molecule has 2 aromatic carbocycles. The summed E-state index contributed by atoms with van der Waals surface area (Å²) in [6.45, 7) is 4.41. The summed E-state index contributed by atoms with van der Waals surface area (Å²) in [5.74, 6) is 0.805. The van der Waals surface area contributed by atoms with Crippen molar-refractivity contribution in [2.75, 3.05) is 5.32 Å². The Morgan fingerprint density at radius 1 is 1.29 bits per heavy atom. The molecule has 0 aliphatic rings. The van der Waals surface area contributed by atoms with Gasteiger partial charge in [-0.1, -0.05) is 29.8 Å². The predicted molar refractivity (Wildman–Crippen MR) is 95.6 cm³/mol. The van der Waals surface area contributed by atoms with Gasteiger partial charge in [-0.3, -0.25) is 10.1 Å². The lowest BCUT2D eigenvalue weighted by Crippen LogP contribution is -2.31. The summed E-state index contributed by atoms with van der Waals surface area (Å²) in [6, 6.07) is 14.7. The molecule has 5 nitrogen and oxygen atoms in total. The highest BCUT2D eigenvalue weighted by molar-refractivity contribution is 6.30. The first-order valence-electron chi connectivity index (χ1n) is 7.77. The zero-order chi connectivity index (χ0) is 17.1. The molecule has 0 fully saturated rings. The molecule has 0 aliphatic carbocycles. The minimum atomic E-state index is -0.673. The minimum absolute atomic E-state index is 0.264. The number of aryl methyl sites for hydroxylation is 1. The topological polar surface area (TPSA) is 56.2 Å². The van der Waals surface area contributed by atoms with Crippen molar-refractivity contribution in [3.05, 3.63) is 53.6 Å². The molecule has 1 atom stereocenters. The van der Waals surface area contributed by atoms with Crippen LogP contribution >= 0.6 is 11.6 Å². The Kier molecular flexibility index (Phi) is 4.71. The smallest absolute Gasteiger partial charge is 0.267 e. The number of carbonyl (C=O) groups is 1. The van der Waals surface area contributed by atoms with Crippen LogP contribution in [-0.2, 0) is 11.3 Å². The van der Waals surface area contributed by atoms with Gasteiger partial charge in [0.2, 0.25) is 5.95 Å². The molecule has 24 heavy (non-hydrogen) atoms. The van der Waals surface area contributed by atoms with E-state index in [1.54, 1.807) is 31.2 Å². The van der Waals surface area contributed by atoms with Crippen molar-refractivity contribution in [2.24, 2.45) is 0 Å². The predicted octanol–water partition coefficient (Wildman–Crippen LogP) is 4.12. The second kappa shape index (κ2) is 6.93. The van der Waals surface area contributed by atoms with E-state index in [-0.39, 0.29) is 5.91 Å². The van der Waals surface area contributed by atoms with Gasteiger partial charge >= 0.3 is 0 Å². The average molecular weight is 344 g/mol. The zero-order valence-corrected chi connectivity index (χ0v) is 14.2. The number of ether oxygens (including phenoxy) is 1. The van der Waals surface area contributed by atoms with Gasteiger partial charge in [0.25, 0.3) is 5.91 Å².